The average Bonchev–Trinajstić information content (AvgIpc) is 2.09. The molecule has 0 saturated carbocycles. The molecule has 0 N–H and O–H groups in total. The smallest absolute Gasteiger partial charge is 0.0331 e. The molecule has 78 valence electrons. The van der Waals surface area contributed by atoms with Crippen LogP contribution in [0.25, 0.3) is 0 Å². The Morgan fingerprint density at radius 2 is 1.62 bits per heavy atom. The lowest BCUT2D eigenvalue weighted by atomic mass is 10.1. The highest BCUT2D eigenvalue weighted by atomic mass is 31.1. The Bertz CT molecular complexity index is 116. The van der Waals surface area contributed by atoms with Crippen molar-refractivity contribution in [2.75, 3.05) is 19.5 Å². The third-order valence-electron chi connectivity index (χ3n) is 2.13. The van der Waals surface area contributed by atoms with Gasteiger partial charge in [0.15, 0.2) is 0 Å². The molecule has 0 rings (SSSR count). The fraction of sp³-hybridized carbons (Fsp3) is 0.833. The second kappa shape index (κ2) is 10.3. The van der Waals surface area contributed by atoms with E-state index in [2.05, 4.69) is 32.4 Å². The van der Waals surface area contributed by atoms with E-state index in [0.717, 1.165) is 0 Å². The topological polar surface area (TPSA) is 0 Å². The van der Waals surface area contributed by atoms with E-state index >= 15 is 0 Å². The summed E-state index contributed by atoms with van der Waals surface area (Å²) in [6.07, 6.45) is 14.3. The molecule has 13 heavy (non-hydrogen) atoms. The highest BCUT2D eigenvalue weighted by Crippen LogP contribution is 2.26. The second-order valence-electron chi connectivity index (χ2n) is 3.89. The molecule has 0 bridgehead atoms. The fourth-order valence-electron chi connectivity index (χ4n) is 1.33. The van der Waals surface area contributed by atoms with Gasteiger partial charge in [-0.05, 0) is 45.2 Å². The first kappa shape index (κ1) is 13.2. The van der Waals surface area contributed by atoms with Crippen LogP contribution in [0.5, 0.6) is 0 Å². The first-order valence-electron chi connectivity index (χ1n) is 5.57. The summed E-state index contributed by atoms with van der Waals surface area (Å²) in [5, 5.41) is 0. The number of hydrogen-bond donors (Lipinski definition) is 0. The molecule has 1 heteroatoms. The van der Waals surface area contributed by atoms with Crippen LogP contribution in [-0.2, 0) is 0 Å². The van der Waals surface area contributed by atoms with E-state index in [1.165, 1.54) is 44.7 Å². The first-order chi connectivity index (χ1) is 6.27. The molecule has 0 radical (unpaired) electrons. The van der Waals surface area contributed by atoms with Crippen molar-refractivity contribution >= 4 is 7.92 Å². The molecule has 0 saturated heterocycles. The van der Waals surface area contributed by atoms with Crippen molar-refractivity contribution in [2.24, 2.45) is 0 Å². The van der Waals surface area contributed by atoms with Crippen LogP contribution in [0, 0.1) is 0 Å². The Kier molecular flexibility index (Phi) is 10.4. The maximum absolute atomic E-state index is 2.37. The van der Waals surface area contributed by atoms with Gasteiger partial charge in [0.2, 0.25) is 0 Å². The van der Waals surface area contributed by atoms with E-state index in [0.29, 0.717) is 7.92 Å². The zero-order chi connectivity index (χ0) is 9.94. The molecule has 0 aromatic heterocycles. The van der Waals surface area contributed by atoms with Gasteiger partial charge in [0.1, 0.15) is 0 Å². The van der Waals surface area contributed by atoms with Gasteiger partial charge < -0.3 is 0 Å². The van der Waals surface area contributed by atoms with Crippen LogP contribution in [0.2, 0.25) is 0 Å². The maximum atomic E-state index is 2.37. The summed E-state index contributed by atoms with van der Waals surface area (Å²) < 4.78 is 0. The molecule has 0 spiro atoms. The van der Waals surface area contributed by atoms with Crippen LogP contribution < -0.4 is 0 Å². The first-order valence-corrected chi connectivity index (χ1v) is 7.99. The van der Waals surface area contributed by atoms with Crippen molar-refractivity contribution in [1.82, 2.24) is 0 Å². The van der Waals surface area contributed by atoms with Crippen LogP contribution in [0.4, 0.5) is 0 Å². The summed E-state index contributed by atoms with van der Waals surface area (Å²) in [5.74, 6) is 0. The number of hydrogen-bond acceptors (Lipinski definition) is 0. The van der Waals surface area contributed by atoms with Crippen LogP contribution >= 0.6 is 7.92 Å². The molecule has 0 fully saturated rings. The lowest BCUT2D eigenvalue weighted by Crippen LogP contribution is -1.83. The molecule has 0 unspecified atom stereocenters. The van der Waals surface area contributed by atoms with Crippen molar-refractivity contribution in [3.8, 4) is 0 Å². The Balaban J connectivity index is 2.95. The molecule has 0 aliphatic carbocycles. The summed E-state index contributed by atoms with van der Waals surface area (Å²) in [4.78, 5) is 0. The minimum absolute atomic E-state index is 0.355. The van der Waals surface area contributed by atoms with Crippen molar-refractivity contribution in [2.45, 2.75) is 45.4 Å². The fourth-order valence-corrected chi connectivity index (χ4v) is 2.18. The third kappa shape index (κ3) is 12.2. The lowest BCUT2D eigenvalue weighted by Gasteiger charge is -2.03. The van der Waals surface area contributed by atoms with Gasteiger partial charge in [0, 0.05) is 0 Å². The second-order valence-corrected chi connectivity index (χ2v) is 6.49. The average molecular weight is 200 g/mol. The predicted molar refractivity (Wildman–Crippen MR) is 66.2 cm³/mol. The lowest BCUT2D eigenvalue weighted by molar-refractivity contribution is 0.676. The predicted octanol–water partition coefficient (Wildman–Crippen LogP) is 4.64. The standard InChI is InChI=1S/C12H25P/c1-4-5-6-7-8-9-10-11-12-13(2)3/h5-6H,4,7-12H2,1-3H3. The summed E-state index contributed by atoms with van der Waals surface area (Å²) in [5.41, 5.74) is 0. The molecule has 0 aromatic rings. The summed E-state index contributed by atoms with van der Waals surface area (Å²) >= 11 is 0. The van der Waals surface area contributed by atoms with Gasteiger partial charge >= 0.3 is 0 Å². The van der Waals surface area contributed by atoms with Gasteiger partial charge in [-0.2, -0.15) is 0 Å². The Morgan fingerprint density at radius 1 is 0.923 bits per heavy atom. The normalized spacial score (nSPS) is 11.7. The Morgan fingerprint density at radius 3 is 2.23 bits per heavy atom. The summed E-state index contributed by atoms with van der Waals surface area (Å²) in [6.45, 7) is 6.94. The monoisotopic (exact) mass is 200 g/mol. The quantitative estimate of drug-likeness (QED) is 0.304. The van der Waals surface area contributed by atoms with E-state index in [4.69, 9.17) is 0 Å². The zero-order valence-corrected chi connectivity index (χ0v) is 10.4. The van der Waals surface area contributed by atoms with E-state index < -0.39 is 0 Å². The van der Waals surface area contributed by atoms with Crippen LogP contribution in [0.3, 0.4) is 0 Å². The highest BCUT2D eigenvalue weighted by Gasteiger charge is 1.92. The Hall–Kier alpha value is 0.170. The molecule has 0 heterocycles. The molecule has 0 nitrogen and oxygen atoms in total. The molecule has 0 aromatic carbocycles. The molecule has 0 amide bonds. The molecule has 0 aliphatic rings. The minimum atomic E-state index is 0.355. The maximum Gasteiger partial charge on any atom is -0.0331 e. The molecule has 0 atom stereocenters. The minimum Gasteiger partial charge on any atom is -0.113 e. The number of allylic oxidation sites excluding steroid dienone is 2. The van der Waals surface area contributed by atoms with Gasteiger partial charge in [-0.1, -0.05) is 31.9 Å². The highest BCUT2D eigenvalue weighted by molar-refractivity contribution is 7.55. The molecular weight excluding hydrogens is 175 g/mol. The third-order valence-corrected chi connectivity index (χ3v) is 3.34. The Labute approximate surface area is 85.6 Å². The number of rotatable bonds is 8. The van der Waals surface area contributed by atoms with Crippen molar-refractivity contribution < 1.29 is 0 Å². The van der Waals surface area contributed by atoms with Gasteiger partial charge in [-0.25, -0.2) is 0 Å². The van der Waals surface area contributed by atoms with E-state index in [1.807, 2.05) is 0 Å². The van der Waals surface area contributed by atoms with Crippen LogP contribution in [-0.4, -0.2) is 19.5 Å². The van der Waals surface area contributed by atoms with Crippen molar-refractivity contribution in [3.05, 3.63) is 12.2 Å². The molecular formula is C12H25P. The zero-order valence-electron chi connectivity index (χ0n) is 9.55. The molecule has 0 aliphatic heterocycles. The largest absolute Gasteiger partial charge is 0.113 e. The van der Waals surface area contributed by atoms with Crippen molar-refractivity contribution in [3.63, 3.8) is 0 Å². The van der Waals surface area contributed by atoms with Gasteiger partial charge in [0.05, 0.1) is 0 Å². The van der Waals surface area contributed by atoms with Gasteiger partial charge in [-0.15, -0.1) is 7.92 Å². The van der Waals surface area contributed by atoms with E-state index in [1.54, 1.807) is 0 Å². The van der Waals surface area contributed by atoms with Crippen LogP contribution in [0.15, 0.2) is 12.2 Å². The summed E-state index contributed by atoms with van der Waals surface area (Å²) in [6, 6.07) is 0. The van der Waals surface area contributed by atoms with E-state index in [9.17, 15) is 0 Å². The van der Waals surface area contributed by atoms with E-state index in [-0.39, 0.29) is 0 Å². The van der Waals surface area contributed by atoms with Crippen LogP contribution in [0.1, 0.15) is 45.4 Å². The van der Waals surface area contributed by atoms with Gasteiger partial charge in [-0.3, -0.25) is 0 Å². The SMILES string of the molecule is CCC=CCCCCCCP(C)C. The summed E-state index contributed by atoms with van der Waals surface area (Å²) in [7, 11) is 0.355. The number of unbranched alkanes of at least 4 members (excludes halogenated alkanes) is 4. The van der Waals surface area contributed by atoms with Gasteiger partial charge in [0.25, 0.3) is 0 Å². The van der Waals surface area contributed by atoms with Crippen molar-refractivity contribution in [1.29, 1.82) is 0 Å².